The number of rotatable bonds is 9. The summed E-state index contributed by atoms with van der Waals surface area (Å²) in [5.74, 6) is -2.89. The molecule has 11 heteroatoms. The highest BCUT2D eigenvalue weighted by molar-refractivity contribution is 5.68. The number of ether oxygens (including phenoxy) is 5. The minimum absolute atomic E-state index is 0.0238. The van der Waals surface area contributed by atoms with Crippen LogP contribution in [-0.4, -0.2) is 72.8 Å². The zero-order valence-electron chi connectivity index (χ0n) is 15.4. The molecular formula is C16H25NO10. The van der Waals surface area contributed by atoms with Gasteiger partial charge in [-0.2, -0.15) is 0 Å². The first-order valence-electron chi connectivity index (χ1n) is 8.34. The number of hydrogen-bond acceptors (Lipinski definition) is 10. The highest BCUT2D eigenvalue weighted by atomic mass is 16.7. The van der Waals surface area contributed by atoms with E-state index in [1.807, 2.05) is 0 Å². The molecule has 1 rings (SSSR count). The number of carboxylic acid groups (broad SMARTS) is 1. The summed E-state index contributed by atoms with van der Waals surface area (Å²) in [4.78, 5) is 44.6. The average Bonchev–Trinajstić information content (AvgIpc) is 2.54. The zero-order valence-corrected chi connectivity index (χ0v) is 15.4. The van der Waals surface area contributed by atoms with Gasteiger partial charge in [-0.25, -0.2) is 0 Å². The van der Waals surface area contributed by atoms with E-state index >= 15 is 0 Å². The molecule has 3 N–H and O–H groups in total. The Hall–Kier alpha value is -2.24. The van der Waals surface area contributed by atoms with E-state index in [1.165, 1.54) is 6.92 Å². The van der Waals surface area contributed by atoms with Gasteiger partial charge in [-0.1, -0.05) is 0 Å². The molecule has 1 fully saturated rings. The molecule has 0 spiro atoms. The molecule has 0 amide bonds. The van der Waals surface area contributed by atoms with Crippen molar-refractivity contribution >= 4 is 23.9 Å². The summed E-state index contributed by atoms with van der Waals surface area (Å²) in [6, 6.07) is -1.02. The molecule has 1 aliphatic heterocycles. The molecule has 1 aliphatic rings. The first-order valence-corrected chi connectivity index (χ1v) is 8.34. The number of esters is 3. The van der Waals surface area contributed by atoms with Gasteiger partial charge in [0.1, 0.15) is 12.7 Å². The summed E-state index contributed by atoms with van der Waals surface area (Å²) >= 11 is 0. The molecule has 154 valence electrons. The van der Waals surface area contributed by atoms with Gasteiger partial charge in [-0.05, 0) is 6.42 Å². The lowest BCUT2D eigenvalue weighted by Gasteiger charge is -2.43. The number of hydrogen-bond donors (Lipinski definition) is 2. The van der Waals surface area contributed by atoms with E-state index < -0.39 is 54.5 Å². The molecule has 0 aromatic carbocycles. The van der Waals surface area contributed by atoms with E-state index in [0.717, 1.165) is 13.8 Å². The third-order valence-corrected chi connectivity index (χ3v) is 3.56. The molecule has 0 aromatic rings. The van der Waals surface area contributed by atoms with Gasteiger partial charge < -0.3 is 34.5 Å². The Balaban J connectivity index is 2.93. The second-order valence-corrected chi connectivity index (χ2v) is 5.94. The summed E-state index contributed by atoms with van der Waals surface area (Å²) in [5, 5.41) is 8.66. The molecule has 0 aliphatic carbocycles. The van der Waals surface area contributed by atoms with Gasteiger partial charge in [0.05, 0.1) is 12.6 Å². The predicted molar refractivity (Wildman–Crippen MR) is 87.2 cm³/mol. The van der Waals surface area contributed by atoms with E-state index in [9.17, 15) is 19.2 Å². The monoisotopic (exact) mass is 391 g/mol. The Kier molecular flexibility index (Phi) is 9.12. The lowest BCUT2D eigenvalue weighted by molar-refractivity contribution is -0.274. The van der Waals surface area contributed by atoms with E-state index in [0.29, 0.717) is 0 Å². The third kappa shape index (κ3) is 7.89. The number of carbonyl (C=O) groups excluding carboxylic acids is 3. The molecular weight excluding hydrogens is 366 g/mol. The molecule has 0 radical (unpaired) electrons. The number of aliphatic carboxylic acids is 1. The quantitative estimate of drug-likeness (QED) is 0.292. The van der Waals surface area contributed by atoms with Crippen molar-refractivity contribution < 1.29 is 48.0 Å². The zero-order chi connectivity index (χ0) is 20.6. The minimum Gasteiger partial charge on any atom is -0.481 e. The number of nitrogens with two attached hydrogens (primary N) is 1. The van der Waals surface area contributed by atoms with Crippen molar-refractivity contribution in [2.45, 2.75) is 64.3 Å². The summed E-state index contributed by atoms with van der Waals surface area (Å²) in [5.41, 5.74) is 6.06. The van der Waals surface area contributed by atoms with Crippen LogP contribution in [0.1, 0.15) is 33.6 Å². The van der Waals surface area contributed by atoms with Crippen LogP contribution >= 0.6 is 0 Å². The van der Waals surface area contributed by atoms with Gasteiger partial charge in [-0.15, -0.1) is 0 Å². The van der Waals surface area contributed by atoms with Crippen molar-refractivity contribution in [1.82, 2.24) is 0 Å². The van der Waals surface area contributed by atoms with Crippen LogP contribution in [0.2, 0.25) is 0 Å². The van der Waals surface area contributed by atoms with Crippen LogP contribution in [-0.2, 0) is 42.9 Å². The van der Waals surface area contributed by atoms with Crippen LogP contribution in [0.25, 0.3) is 0 Å². The Morgan fingerprint density at radius 1 is 1.00 bits per heavy atom. The van der Waals surface area contributed by atoms with Crippen LogP contribution in [0.15, 0.2) is 0 Å². The third-order valence-electron chi connectivity index (χ3n) is 3.56. The highest BCUT2D eigenvalue weighted by Crippen LogP contribution is 2.26. The maximum atomic E-state index is 11.5. The lowest BCUT2D eigenvalue weighted by Crippen LogP contribution is -2.64. The van der Waals surface area contributed by atoms with E-state index in [4.69, 9.17) is 34.5 Å². The Labute approximate surface area is 156 Å². The number of carbonyl (C=O) groups is 4. The molecule has 5 atom stereocenters. The van der Waals surface area contributed by atoms with Gasteiger partial charge in [0.15, 0.2) is 18.5 Å². The first kappa shape index (κ1) is 22.8. The molecule has 0 aromatic heterocycles. The molecule has 5 unspecified atom stereocenters. The van der Waals surface area contributed by atoms with Crippen LogP contribution in [0, 0.1) is 0 Å². The van der Waals surface area contributed by atoms with Crippen molar-refractivity contribution in [1.29, 1.82) is 0 Å². The minimum atomic E-state index is -1.11. The summed E-state index contributed by atoms with van der Waals surface area (Å²) in [6.07, 6.45) is -4.20. The summed E-state index contributed by atoms with van der Waals surface area (Å²) < 4.78 is 26.4. The van der Waals surface area contributed by atoms with Crippen LogP contribution in [0.5, 0.6) is 0 Å². The van der Waals surface area contributed by atoms with E-state index in [2.05, 4.69) is 0 Å². The largest absolute Gasteiger partial charge is 0.481 e. The molecule has 0 bridgehead atoms. The molecule has 27 heavy (non-hydrogen) atoms. The second kappa shape index (κ2) is 10.8. The topological polar surface area (TPSA) is 161 Å². The van der Waals surface area contributed by atoms with Crippen molar-refractivity contribution in [3.05, 3.63) is 0 Å². The molecule has 1 heterocycles. The van der Waals surface area contributed by atoms with Crippen molar-refractivity contribution in [2.75, 3.05) is 13.2 Å². The Morgan fingerprint density at radius 2 is 1.59 bits per heavy atom. The van der Waals surface area contributed by atoms with Gasteiger partial charge in [-0.3, -0.25) is 19.2 Å². The van der Waals surface area contributed by atoms with Crippen molar-refractivity contribution in [3.63, 3.8) is 0 Å². The summed E-state index contributed by atoms with van der Waals surface area (Å²) in [6.45, 7) is 3.26. The van der Waals surface area contributed by atoms with E-state index in [1.54, 1.807) is 0 Å². The Morgan fingerprint density at radius 3 is 2.11 bits per heavy atom. The second-order valence-electron chi connectivity index (χ2n) is 5.94. The molecule has 1 saturated heterocycles. The van der Waals surface area contributed by atoms with Crippen LogP contribution in [0.3, 0.4) is 0 Å². The van der Waals surface area contributed by atoms with E-state index in [-0.39, 0.29) is 26.1 Å². The smallest absolute Gasteiger partial charge is 0.303 e. The van der Waals surface area contributed by atoms with Gasteiger partial charge in [0.2, 0.25) is 0 Å². The van der Waals surface area contributed by atoms with Gasteiger partial charge in [0.25, 0.3) is 0 Å². The fourth-order valence-electron chi connectivity index (χ4n) is 2.50. The first-order chi connectivity index (χ1) is 12.6. The molecule has 11 nitrogen and oxygen atoms in total. The fraction of sp³-hybridized carbons (Fsp3) is 0.750. The predicted octanol–water partition coefficient (Wildman–Crippen LogP) is -0.653. The standard InChI is InChI=1S/C16H25NO10/c1-8(18)24-7-11-14(25-9(2)19)15(26-10(3)20)13(17)16(27-11)23-6-4-5-12(21)22/h11,13-16H,4-7,17H2,1-3H3,(H,21,22). The maximum absolute atomic E-state index is 11.5. The fourth-order valence-corrected chi connectivity index (χ4v) is 2.50. The maximum Gasteiger partial charge on any atom is 0.303 e. The number of carboxylic acids is 1. The highest BCUT2D eigenvalue weighted by Gasteiger charge is 2.49. The van der Waals surface area contributed by atoms with Gasteiger partial charge in [0, 0.05) is 27.2 Å². The van der Waals surface area contributed by atoms with Crippen molar-refractivity contribution in [3.8, 4) is 0 Å². The van der Waals surface area contributed by atoms with Crippen LogP contribution < -0.4 is 5.73 Å². The lowest BCUT2D eigenvalue weighted by atomic mass is 9.97. The van der Waals surface area contributed by atoms with Crippen molar-refractivity contribution in [2.24, 2.45) is 5.73 Å². The normalized spacial score (nSPS) is 27.5. The Bertz CT molecular complexity index is 551. The average molecular weight is 391 g/mol. The molecule has 0 saturated carbocycles. The SMILES string of the molecule is CC(=O)OCC1OC(OCCCC(=O)O)C(N)C(OC(C)=O)C1OC(C)=O. The summed E-state index contributed by atoms with van der Waals surface area (Å²) in [7, 11) is 0. The van der Waals surface area contributed by atoms with Gasteiger partial charge >= 0.3 is 23.9 Å². The van der Waals surface area contributed by atoms with Crippen LogP contribution in [0.4, 0.5) is 0 Å².